The van der Waals surface area contributed by atoms with Crippen LogP contribution in [0.5, 0.6) is 0 Å². The lowest BCUT2D eigenvalue weighted by Gasteiger charge is -2.01. The van der Waals surface area contributed by atoms with Crippen LogP contribution < -0.4 is 5.73 Å². The molecule has 1 heterocycles. The average Bonchev–Trinajstić information content (AvgIpc) is 1.88. The summed E-state index contributed by atoms with van der Waals surface area (Å²) >= 11 is 8.88. The number of nitrogens with zero attached hydrogens (tertiary/aromatic N) is 1. The maximum atomic E-state index is 5.60. The molecule has 0 bridgehead atoms. The minimum atomic E-state index is 0.412. The maximum absolute atomic E-state index is 5.60. The van der Waals surface area contributed by atoms with E-state index in [4.69, 9.17) is 17.3 Å². The van der Waals surface area contributed by atoms with E-state index in [0.29, 0.717) is 11.6 Å². The standard InChI is InChI=1S/C6H6BrClN2/c7-5-2-10-3-6(9)4(5)1-8/h2-3H,1,9H2. The van der Waals surface area contributed by atoms with E-state index in [1.807, 2.05) is 0 Å². The molecule has 2 nitrogen and oxygen atoms in total. The lowest BCUT2D eigenvalue weighted by atomic mass is 10.3. The van der Waals surface area contributed by atoms with E-state index in [1.54, 1.807) is 12.4 Å². The quantitative estimate of drug-likeness (QED) is 0.738. The predicted octanol–water partition coefficient (Wildman–Crippen LogP) is 2.17. The van der Waals surface area contributed by atoms with Gasteiger partial charge in [0, 0.05) is 16.2 Å². The SMILES string of the molecule is Nc1cncc(Br)c1CCl. The van der Waals surface area contributed by atoms with Gasteiger partial charge in [-0.05, 0) is 15.9 Å². The van der Waals surface area contributed by atoms with Crippen molar-refractivity contribution < 1.29 is 0 Å². The molecule has 4 heteroatoms. The second-order valence-corrected chi connectivity index (χ2v) is 2.94. The van der Waals surface area contributed by atoms with Gasteiger partial charge in [0.15, 0.2) is 0 Å². The summed E-state index contributed by atoms with van der Waals surface area (Å²) in [4.78, 5) is 3.86. The van der Waals surface area contributed by atoms with Crippen molar-refractivity contribution in [3.8, 4) is 0 Å². The largest absolute Gasteiger partial charge is 0.397 e. The number of anilines is 1. The number of alkyl halides is 1. The molecule has 0 atom stereocenters. The highest BCUT2D eigenvalue weighted by molar-refractivity contribution is 9.10. The lowest BCUT2D eigenvalue weighted by Crippen LogP contribution is -1.93. The molecule has 0 aliphatic heterocycles. The van der Waals surface area contributed by atoms with Gasteiger partial charge in [0.1, 0.15) is 0 Å². The second kappa shape index (κ2) is 3.21. The normalized spacial score (nSPS) is 9.80. The highest BCUT2D eigenvalue weighted by atomic mass is 79.9. The van der Waals surface area contributed by atoms with E-state index in [2.05, 4.69) is 20.9 Å². The lowest BCUT2D eigenvalue weighted by molar-refractivity contribution is 1.25. The smallest absolute Gasteiger partial charge is 0.0556 e. The van der Waals surface area contributed by atoms with E-state index in [9.17, 15) is 0 Å². The zero-order chi connectivity index (χ0) is 7.56. The van der Waals surface area contributed by atoms with Crippen LogP contribution >= 0.6 is 27.5 Å². The van der Waals surface area contributed by atoms with Crippen LogP contribution in [0.2, 0.25) is 0 Å². The molecule has 54 valence electrons. The van der Waals surface area contributed by atoms with Crippen LogP contribution in [0.4, 0.5) is 5.69 Å². The second-order valence-electron chi connectivity index (χ2n) is 1.82. The number of pyridine rings is 1. The zero-order valence-electron chi connectivity index (χ0n) is 5.14. The van der Waals surface area contributed by atoms with Gasteiger partial charge in [0.05, 0.1) is 17.8 Å². The molecule has 0 amide bonds. The first kappa shape index (κ1) is 7.82. The molecule has 0 aliphatic rings. The number of rotatable bonds is 1. The summed E-state index contributed by atoms with van der Waals surface area (Å²) in [5.74, 6) is 0.412. The average molecular weight is 221 g/mol. The van der Waals surface area contributed by atoms with Crippen LogP contribution in [-0.2, 0) is 5.88 Å². The van der Waals surface area contributed by atoms with Crippen molar-refractivity contribution in [1.29, 1.82) is 0 Å². The van der Waals surface area contributed by atoms with Crippen molar-refractivity contribution in [2.45, 2.75) is 5.88 Å². The van der Waals surface area contributed by atoms with E-state index >= 15 is 0 Å². The minimum absolute atomic E-state index is 0.412. The summed E-state index contributed by atoms with van der Waals surface area (Å²) < 4.78 is 0.863. The molecule has 1 aromatic heterocycles. The third-order valence-electron chi connectivity index (χ3n) is 1.17. The molecule has 0 aromatic carbocycles. The number of nitrogens with two attached hydrogens (primary N) is 1. The van der Waals surface area contributed by atoms with Gasteiger partial charge in [0.25, 0.3) is 0 Å². The van der Waals surface area contributed by atoms with E-state index in [1.165, 1.54) is 0 Å². The van der Waals surface area contributed by atoms with Crippen molar-refractivity contribution in [2.24, 2.45) is 0 Å². The zero-order valence-corrected chi connectivity index (χ0v) is 7.48. The first-order chi connectivity index (χ1) is 4.75. The molecule has 0 unspecified atom stereocenters. The fourth-order valence-electron chi connectivity index (χ4n) is 0.618. The first-order valence-electron chi connectivity index (χ1n) is 2.69. The summed E-state index contributed by atoms with van der Waals surface area (Å²) in [6.07, 6.45) is 3.26. The van der Waals surface area contributed by atoms with Crippen LogP contribution in [0.25, 0.3) is 0 Å². The Morgan fingerprint density at radius 2 is 2.30 bits per heavy atom. The summed E-state index contributed by atoms with van der Waals surface area (Å²) in [5.41, 5.74) is 7.08. The highest BCUT2D eigenvalue weighted by Gasteiger charge is 2.01. The number of nitrogen functional groups attached to an aromatic ring is 1. The van der Waals surface area contributed by atoms with Crippen LogP contribution in [0, 0.1) is 0 Å². The van der Waals surface area contributed by atoms with Crippen LogP contribution in [0.1, 0.15) is 5.56 Å². The molecule has 2 N–H and O–H groups in total. The Labute approximate surface area is 72.5 Å². The molecule has 10 heavy (non-hydrogen) atoms. The third kappa shape index (κ3) is 1.41. The van der Waals surface area contributed by atoms with E-state index < -0.39 is 0 Å². The van der Waals surface area contributed by atoms with Crippen LogP contribution in [-0.4, -0.2) is 4.98 Å². The molecule has 0 saturated carbocycles. The summed E-state index contributed by atoms with van der Waals surface area (Å²) in [6.45, 7) is 0. The molecule has 0 aliphatic carbocycles. The van der Waals surface area contributed by atoms with Gasteiger partial charge in [-0.2, -0.15) is 0 Å². The molecule has 1 aromatic rings. The Kier molecular flexibility index (Phi) is 2.51. The number of halogens is 2. The van der Waals surface area contributed by atoms with E-state index in [-0.39, 0.29) is 0 Å². The summed E-state index contributed by atoms with van der Waals surface area (Å²) in [5, 5.41) is 0. The van der Waals surface area contributed by atoms with Crippen molar-refractivity contribution in [3.63, 3.8) is 0 Å². The molecular weight excluding hydrogens is 215 g/mol. The van der Waals surface area contributed by atoms with Gasteiger partial charge >= 0.3 is 0 Å². The van der Waals surface area contributed by atoms with E-state index in [0.717, 1.165) is 10.0 Å². The molecule has 1 rings (SSSR count). The van der Waals surface area contributed by atoms with Crippen molar-refractivity contribution in [1.82, 2.24) is 4.98 Å². The van der Waals surface area contributed by atoms with Crippen molar-refractivity contribution in [3.05, 3.63) is 22.4 Å². The Balaban J connectivity index is 3.17. The first-order valence-corrected chi connectivity index (χ1v) is 4.02. The Morgan fingerprint density at radius 3 is 2.70 bits per heavy atom. The predicted molar refractivity (Wildman–Crippen MR) is 45.9 cm³/mol. The van der Waals surface area contributed by atoms with Crippen LogP contribution in [0.15, 0.2) is 16.9 Å². The Hall–Kier alpha value is -0.280. The monoisotopic (exact) mass is 220 g/mol. The third-order valence-corrected chi connectivity index (χ3v) is 2.12. The number of hydrogen-bond donors (Lipinski definition) is 1. The van der Waals surface area contributed by atoms with Crippen molar-refractivity contribution in [2.75, 3.05) is 5.73 Å². The molecule has 0 radical (unpaired) electrons. The van der Waals surface area contributed by atoms with Crippen LogP contribution in [0.3, 0.4) is 0 Å². The van der Waals surface area contributed by atoms with Gasteiger partial charge in [-0.3, -0.25) is 4.98 Å². The Bertz CT molecular complexity index is 219. The van der Waals surface area contributed by atoms with Gasteiger partial charge in [-0.25, -0.2) is 0 Å². The number of hydrogen-bond acceptors (Lipinski definition) is 2. The highest BCUT2D eigenvalue weighted by Crippen LogP contribution is 2.22. The molecule has 0 fully saturated rings. The topological polar surface area (TPSA) is 38.9 Å². The molecule has 0 spiro atoms. The molecular formula is C6H6BrClN2. The maximum Gasteiger partial charge on any atom is 0.0556 e. The minimum Gasteiger partial charge on any atom is -0.397 e. The summed E-state index contributed by atoms with van der Waals surface area (Å²) in [7, 11) is 0. The number of aromatic nitrogens is 1. The van der Waals surface area contributed by atoms with Gasteiger partial charge in [-0.15, -0.1) is 11.6 Å². The molecule has 0 saturated heterocycles. The van der Waals surface area contributed by atoms with Gasteiger partial charge in [0.2, 0.25) is 0 Å². The summed E-state index contributed by atoms with van der Waals surface area (Å²) in [6, 6.07) is 0. The van der Waals surface area contributed by atoms with Gasteiger partial charge in [-0.1, -0.05) is 0 Å². The Morgan fingerprint density at radius 1 is 1.60 bits per heavy atom. The fourth-order valence-corrected chi connectivity index (χ4v) is 1.56. The van der Waals surface area contributed by atoms with Gasteiger partial charge < -0.3 is 5.73 Å². The fraction of sp³-hybridized carbons (Fsp3) is 0.167. The van der Waals surface area contributed by atoms with Crippen molar-refractivity contribution >= 4 is 33.2 Å².